The highest BCUT2D eigenvalue weighted by Crippen LogP contribution is 2.45. The summed E-state index contributed by atoms with van der Waals surface area (Å²) in [5.74, 6) is -3.40. The number of halogens is 4. The van der Waals surface area contributed by atoms with Gasteiger partial charge >= 0.3 is 6.18 Å². The largest absolute Gasteiger partial charge is 0.416 e. The van der Waals surface area contributed by atoms with Gasteiger partial charge in [0, 0.05) is 49.4 Å². The highest BCUT2D eigenvalue weighted by atomic mass is 19.4. The number of benzene rings is 2. The van der Waals surface area contributed by atoms with Gasteiger partial charge in [0.05, 0.1) is 17.7 Å². The summed E-state index contributed by atoms with van der Waals surface area (Å²) in [6, 6.07) is 8.52. The van der Waals surface area contributed by atoms with Crippen molar-refractivity contribution in [2.45, 2.75) is 62.4 Å². The molecule has 2 saturated heterocycles. The van der Waals surface area contributed by atoms with Crippen LogP contribution in [0.15, 0.2) is 48.5 Å². The summed E-state index contributed by atoms with van der Waals surface area (Å²) < 4.78 is 62.1. The Morgan fingerprint density at radius 2 is 1.82 bits per heavy atom. The van der Waals surface area contributed by atoms with E-state index < -0.39 is 53.3 Å². The number of nitriles is 1. The third kappa shape index (κ3) is 6.26. The maximum Gasteiger partial charge on any atom is 0.416 e. The molecule has 0 spiro atoms. The van der Waals surface area contributed by atoms with E-state index in [0.717, 1.165) is 12.1 Å². The summed E-state index contributed by atoms with van der Waals surface area (Å²) in [4.78, 5) is 45.5. The fourth-order valence-corrected chi connectivity index (χ4v) is 7.08. The molecule has 6 rings (SSSR count). The molecule has 3 aliphatic rings. The Kier molecular flexibility index (Phi) is 9.45. The molecule has 0 aliphatic carbocycles. The van der Waals surface area contributed by atoms with Crippen LogP contribution in [0.1, 0.15) is 75.7 Å². The van der Waals surface area contributed by atoms with E-state index in [0.29, 0.717) is 55.5 Å². The average Bonchev–Trinajstić information content (AvgIpc) is 3.71. The van der Waals surface area contributed by atoms with E-state index in [9.17, 15) is 37.2 Å². The topological polar surface area (TPSA) is 133 Å². The Morgan fingerprint density at radius 1 is 1.10 bits per heavy atom. The van der Waals surface area contributed by atoms with E-state index in [2.05, 4.69) is 16.7 Å². The van der Waals surface area contributed by atoms with Gasteiger partial charge in [-0.05, 0) is 69.1 Å². The van der Waals surface area contributed by atoms with Crippen LogP contribution in [0.5, 0.6) is 0 Å². The van der Waals surface area contributed by atoms with Gasteiger partial charge in [-0.1, -0.05) is 18.2 Å². The number of carbonyl (C=O) groups is 3. The van der Waals surface area contributed by atoms with Crippen LogP contribution < -0.4 is 15.5 Å². The lowest BCUT2D eigenvalue weighted by atomic mass is 9.80. The summed E-state index contributed by atoms with van der Waals surface area (Å²) in [6.45, 7) is 2.93. The minimum Gasteiger partial charge on any atom is -0.381 e. The summed E-state index contributed by atoms with van der Waals surface area (Å²) in [7, 11) is 1.71. The van der Waals surface area contributed by atoms with Crippen LogP contribution >= 0.6 is 0 Å². The Hall–Kier alpha value is -4.81. The molecule has 3 amide bonds. The van der Waals surface area contributed by atoms with Crippen molar-refractivity contribution in [1.29, 1.82) is 5.26 Å². The molecule has 2 N–H and O–H groups in total. The minimum atomic E-state index is -4.71. The van der Waals surface area contributed by atoms with Gasteiger partial charge < -0.3 is 20.3 Å². The fourth-order valence-electron chi connectivity index (χ4n) is 7.08. The molecule has 11 nitrogen and oxygen atoms in total. The summed E-state index contributed by atoms with van der Waals surface area (Å²) in [6.07, 6.45) is -3.12. The van der Waals surface area contributed by atoms with Crippen LogP contribution in [0.4, 0.5) is 23.4 Å². The standard InChI is InChI=1S/C34H35F4N7O4/c1-3-43-31-27(29(42-45(31)23-12-15-49-16-13-23)33(48)44-14-11-24(40-2)25(44)18-39)26(19-7-9-22(35)10-8-19)28(32(43)47)41-30(46)20-5-4-6-21(17-20)34(36,37)38/h4-10,17,23-26,28,40H,3,11-16H2,1-2H3,(H,41,46)/t24-,25+,26-,28-/m0/s1. The van der Waals surface area contributed by atoms with E-state index in [1.54, 1.807) is 18.7 Å². The van der Waals surface area contributed by atoms with Crippen LogP contribution in [0.25, 0.3) is 0 Å². The van der Waals surface area contributed by atoms with Gasteiger partial charge in [-0.25, -0.2) is 9.07 Å². The van der Waals surface area contributed by atoms with Gasteiger partial charge in [-0.2, -0.15) is 23.5 Å². The lowest BCUT2D eigenvalue weighted by molar-refractivity contribution is -0.137. The molecule has 1 aromatic heterocycles. The third-order valence-corrected chi connectivity index (χ3v) is 9.54. The van der Waals surface area contributed by atoms with Gasteiger partial charge in [0.25, 0.3) is 17.7 Å². The maximum absolute atomic E-state index is 14.5. The van der Waals surface area contributed by atoms with E-state index in [4.69, 9.17) is 9.84 Å². The first-order valence-corrected chi connectivity index (χ1v) is 16.1. The number of carbonyl (C=O) groups excluding carboxylic acids is 3. The fraction of sp³-hybridized carbons (Fsp3) is 0.441. The molecule has 3 aliphatic heterocycles. The first-order chi connectivity index (χ1) is 23.5. The molecule has 2 aromatic carbocycles. The number of ether oxygens (including phenoxy) is 1. The average molecular weight is 682 g/mol. The van der Waals surface area contributed by atoms with Crippen LogP contribution in [-0.2, 0) is 15.7 Å². The lowest BCUT2D eigenvalue weighted by Crippen LogP contribution is -2.56. The van der Waals surface area contributed by atoms with Crippen molar-refractivity contribution in [1.82, 2.24) is 25.3 Å². The Bertz CT molecular complexity index is 1780. The highest BCUT2D eigenvalue weighted by Gasteiger charge is 2.49. The van der Waals surface area contributed by atoms with Gasteiger partial charge in [0.2, 0.25) is 0 Å². The number of hydrogen-bond donors (Lipinski definition) is 2. The Labute approximate surface area is 279 Å². The number of rotatable bonds is 7. The SMILES string of the molecule is CCN1C(=O)[C@@H](NC(=O)c2cccc(C(F)(F)F)c2)[C@@H](c2ccc(F)cc2)c2c(C(=O)N3CC[C@H](NC)[C@H]3C#N)nn(C3CCOCC3)c21. The summed E-state index contributed by atoms with van der Waals surface area (Å²) >= 11 is 0. The van der Waals surface area contributed by atoms with Crippen LogP contribution in [-0.4, -0.2) is 83.9 Å². The first kappa shape index (κ1) is 34.1. The molecule has 258 valence electrons. The van der Waals surface area contributed by atoms with Crippen molar-refractivity contribution in [3.8, 4) is 6.07 Å². The van der Waals surface area contributed by atoms with Crippen LogP contribution in [0.2, 0.25) is 0 Å². The minimum absolute atomic E-state index is 0.0305. The number of alkyl halides is 3. The van der Waals surface area contributed by atoms with Crippen molar-refractivity contribution < 1.29 is 36.7 Å². The molecule has 2 fully saturated rings. The highest BCUT2D eigenvalue weighted by molar-refractivity contribution is 6.07. The molecule has 49 heavy (non-hydrogen) atoms. The zero-order valence-electron chi connectivity index (χ0n) is 26.8. The quantitative estimate of drug-likeness (QED) is 0.360. The zero-order chi connectivity index (χ0) is 35.0. The van der Waals surface area contributed by atoms with Gasteiger partial charge in [-0.3, -0.25) is 19.3 Å². The van der Waals surface area contributed by atoms with Gasteiger partial charge in [0.1, 0.15) is 23.7 Å². The number of fused-ring (bicyclic) bond motifs is 1. The van der Waals surface area contributed by atoms with Crippen molar-refractivity contribution in [2.24, 2.45) is 0 Å². The zero-order valence-corrected chi connectivity index (χ0v) is 26.8. The number of hydrogen-bond acceptors (Lipinski definition) is 7. The van der Waals surface area contributed by atoms with Crippen molar-refractivity contribution >= 4 is 23.5 Å². The van der Waals surface area contributed by atoms with Gasteiger partial charge in [-0.15, -0.1) is 0 Å². The second-order valence-electron chi connectivity index (χ2n) is 12.3. The van der Waals surface area contributed by atoms with E-state index in [-0.39, 0.29) is 36.4 Å². The van der Waals surface area contributed by atoms with E-state index in [1.165, 1.54) is 40.1 Å². The summed E-state index contributed by atoms with van der Waals surface area (Å²) in [5, 5.41) is 20.6. The number of nitrogens with zero attached hydrogens (tertiary/aromatic N) is 5. The molecule has 0 radical (unpaired) electrons. The second kappa shape index (κ2) is 13.6. The number of amides is 3. The molecule has 4 heterocycles. The van der Waals surface area contributed by atoms with Crippen LogP contribution in [0.3, 0.4) is 0 Å². The predicted molar refractivity (Wildman–Crippen MR) is 168 cm³/mol. The molecule has 3 aromatic rings. The van der Waals surface area contributed by atoms with Crippen LogP contribution in [0, 0.1) is 17.1 Å². The Morgan fingerprint density at radius 3 is 2.45 bits per heavy atom. The second-order valence-corrected chi connectivity index (χ2v) is 12.3. The third-order valence-electron chi connectivity index (χ3n) is 9.54. The van der Waals surface area contributed by atoms with Crippen molar-refractivity contribution in [3.05, 3.63) is 82.3 Å². The molecule has 0 unspecified atom stereocenters. The number of anilines is 1. The molecular weight excluding hydrogens is 646 g/mol. The number of aromatic nitrogens is 2. The number of likely N-dealkylation sites (tertiary alicyclic amines) is 1. The molecule has 0 saturated carbocycles. The normalized spacial score (nSPS) is 22.9. The molecule has 4 atom stereocenters. The number of nitrogens with one attached hydrogen (secondary N) is 2. The van der Waals surface area contributed by atoms with E-state index >= 15 is 0 Å². The molecule has 0 bridgehead atoms. The summed E-state index contributed by atoms with van der Waals surface area (Å²) in [5.41, 5.74) is -0.727. The van der Waals surface area contributed by atoms with Crippen molar-refractivity contribution in [2.75, 3.05) is 38.3 Å². The van der Waals surface area contributed by atoms with Gasteiger partial charge in [0.15, 0.2) is 5.69 Å². The monoisotopic (exact) mass is 681 g/mol. The van der Waals surface area contributed by atoms with E-state index in [1.807, 2.05) is 0 Å². The maximum atomic E-state index is 14.5. The number of likely N-dealkylation sites (N-methyl/N-ethyl adjacent to an activating group) is 2. The predicted octanol–water partition coefficient (Wildman–Crippen LogP) is 4.02. The lowest BCUT2D eigenvalue weighted by Gasteiger charge is -2.39. The molecule has 15 heteroatoms. The Balaban J connectivity index is 1.54. The first-order valence-electron chi connectivity index (χ1n) is 16.1. The molecular formula is C34H35F4N7O4. The van der Waals surface area contributed by atoms with Crippen molar-refractivity contribution in [3.63, 3.8) is 0 Å². The smallest absolute Gasteiger partial charge is 0.381 e.